The molecule has 1 fully saturated rings. The molecule has 38 heavy (non-hydrogen) atoms. The van der Waals surface area contributed by atoms with Crippen LogP contribution in [0.25, 0.3) is 0 Å². The van der Waals surface area contributed by atoms with E-state index in [1.807, 2.05) is 34.6 Å². The van der Waals surface area contributed by atoms with Gasteiger partial charge >= 0.3 is 11.9 Å². The van der Waals surface area contributed by atoms with Crippen LogP contribution >= 0.6 is 0 Å². The maximum atomic E-state index is 14.6. The predicted molar refractivity (Wildman–Crippen MR) is 142 cm³/mol. The van der Waals surface area contributed by atoms with Crippen molar-refractivity contribution in [2.45, 2.75) is 117 Å². The molecule has 4 unspecified atom stereocenters. The highest BCUT2D eigenvalue weighted by molar-refractivity contribution is 5.95. The van der Waals surface area contributed by atoms with Crippen LogP contribution in [0.4, 0.5) is 0 Å². The fourth-order valence-corrected chi connectivity index (χ4v) is 6.91. The van der Waals surface area contributed by atoms with Gasteiger partial charge in [-0.1, -0.05) is 59.6 Å². The zero-order chi connectivity index (χ0) is 28.7. The van der Waals surface area contributed by atoms with Gasteiger partial charge in [-0.05, 0) is 50.2 Å². The quantitative estimate of drug-likeness (QED) is 0.231. The number of ketones is 1. The van der Waals surface area contributed by atoms with E-state index in [2.05, 4.69) is 0 Å². The van der Waals surface area contributed by atoms with Crippen molar-refractivity contribution in [1.29, 1.82) is 0 Å². The smallest absolute Gasteiger partial charge is 0.306 e. The second kappa shape index (κ2) is 10.9. The van der Waals surface area contributed by atoms with Crippen molar-refractivity contribution in [3.63, 3.8) is 0 Å². The summed E-state index contributed by atoms with van der Waals surface area (Å²) in [5.74, 6) is -2.66. The Hall–Kier alpha value is -2.03. The number of Topliss-reactive ketones (excluding diaryl/α,β-unsaturated/α-hetero) is 1. The largest absolute Gasteiger partial charge is 0.461 e. The molecule has 0 aliphatic heterocycles. The molecule has 2 bridgehead atoms. The first-order chi connectivity index (χ1) is 17.6. The first-order valence-electron chi connectivity index (χ1n) is 14.0. The number of esters is 2. The lowest BCUT2D eigenvalue weighted by Crippen LogP contribution is -2.65. The second-order valence-corrected chi connectivity index (χ2v) is 12.4. The first-order valence-corrected chi connectivity index (χ1v) is 14.0. The zero-order valence-corrected chi connectivity index (χ0v) is 24.0. The Morgan fingerprint density at radius 1 is 1.03 bits per heavy atom. The molecule has 0 heterocycles. The van der Waals surface area contributed by atoms with Crippen LogP contribution in [0.3, 0.4) is 0 Å². The second-order valence-electron chi connectivity index (χ2n) is 12.4. The molecule has 214 valence electrons. The van der Waals surface area contributed by atoms with Crippen molar-refractivity contribution in [2.75, 3.05) is 6.61 Å². The summed E-state index contributed by atoms with van der Waals surface area (Å²) in [6, 6.07) is 0. The number of aliphatic hydroxyl groups excluding tert-OH is 2. The molecule has 8 heteroatoms. The summed E-state index contributed by atoms with van der Waals surface area (Å²) < 4.78 is 11.6. The maximum Gasteiger partial charge on any atom is 0.306 e. The van der Waals surface area contributed by atoms with Gasteiger partial charge in [-0.2, -0.15) is 0 Å². The van der Waals surface area contributed by atoms with Gasteiger partial charge < -0.3 is 24.8 Å². The number of fused-ring (bicyclic) bond motifs is 1. The van der Waals surface area contributed by atoms with Crippen LogP contribution in [0.5, 0.6) is 0 Å². The van der Waals surface area contributed by atoms with Gasteiger partial charge in [0.25, 0.3) is 0 Å². The van der Waals surface area contributed by atoms with Crippen LogP contribution in [0.15, 0.2) is 23.3 Å². The number of carbonyl (C=O) groups excluding carboxylic acids is 3. The molecule has 0 aromatic carbocycles. The summed E-state index contributed by atoms with van der Waals surface area (Å²) in [7, 11) is 0. The third kappa shape index (κ3) is 4.56. The minimum Gasteiger partial charge on any atom is -0.461 e. The summed E-state index contributed by atoms with van der Waals surface area (Å²) in [6.45, 7) is 12.5. The van der Waals surface area contributed by atoms with E-state index >= 15 is 0 Å². The lowest BCUT2D eigenvalue weighted by molar-refractivity contribution is -0.192. The third-order valence-electron chi connectivity index (χ3n) is 9.60. The molecule has 3 N–H and O–H groups in total. The number of unbranched alkanes of at least 4 members (excludes halogenated alkanes) is 2. The van der Waals surface area contributed by atoms with Crippen LogP contribution in [-0.2, 0) is 23.9 Å². The Balaban J connectivity index is 2.15. The van der Waals surface area contributed by atoms with Gasteiger partial charge in [-0.15, -0.1) is 0 Å². The molecule has 0 aromatic rings. The first kappa shape index (κ1) is 30.5. The van der Waals surface area contributed by atoms with Crippen LogP contribution < -0.4 is 0 Å². The SMILES string of the molecule is CCCCCC(=O)OCC1=CC2C(=O)C3(C=C(C)C(O)[C@@]3(O)C1O)[C@H](C)C[C@@](C)(OC(=O)CCC)C2(C)C. The summed E-state index contributed by atoms with van der Waals surface area (Å²) in [5.41, 5.74) is -5.44. The van der Waals surface area contributed by atoms with Gasteiger partial charge in [-0.25, -0.2) is 0 Å². The molecule has 1 saturated carbocycles. The Labute approximate surface area is 226 Å². The summed E-state index contributed by atoms with van der Waals surface area (Å²) in [6.07, 6.45) is 3.84. The van der Waals surface area contributed by atoms with Crippen molar-refractivity contribution in [1.82, 2.24) is 0 Å². The van der Waals surface area contributed by atoms with E-state index in [0.29, 0.717) is 18.4 Å². The van der Waals surface area contributed by atoms with E-state index in [1.165, 1.54) is 0 Å². The summed E-state index contributed by atoms with van der Waals surface area (Å²) in [4.78, 5) is 39.7. The molecule has 0 saturated heterocycles. The molecule has 0 radical (unpaired) electrons. The Bertz CT molecular complexity index is 1010. The average molecular weight is 535 g/mol. The number of hydrogen-bond acceptors (Lipinski definition) is 8. The number of allylic oxidation sites excluding steroid dienone is 1. The van der Waals surface area contributed by atoms with Gasteiger partial charge in [0.1, 0.15) is 30.0 Å². The van der Waals surface area contributed by atoms with Gasteiger partial charge in [0, 0.05) is 24.2 Å². The minimum atomic E-state index is -2.28. The van der Waals surface area contributed by atoms with Crippen molar-refractivity contribution < 1.29 is 39.2 Å². The Morgan fingerprint density at radius 3 is 2.29 bits per heavy atom. The van der Waals surface area contributed by atoms with Crippen molar-refractivity contribution >= 4 is 17.7 Å². The lowest BCUT2D eigenvalue weighted by atomic mass is 9.59. The molecule has 0 amide bonds. The van der Waals surface area contributed by atoms with Crippen LogP contribution in [-0.4, -0.2) is 63.1 Å². The molecule has 3 aliphatic carbocycles. The van der Waals surface area contributed by atoms with Crippen molar-refractivity contribution in [3.05, 3.63) is 23.3 Å². The molecule has 8 nitrogen and oxygen atoms in total. The van der Waals surface area contributed by atoms with Gasteiger partial charge in [-0.3, -0.25) is 14.4 Å². The van der Waals surface area contributed by atoms with Crippen molar-refractivity contribution in [2.24, 2.45) is 22.7 Å². The highest BCUT2D eigenvalue weighted by Gasteiger charge is 2.73. The zero-order valence-electron chi connectivity index (χ0n) is 24.0. The fraction of sp³-hybridized carbons (Fsp3) is 0.767. The van der Waals surface area contributed by atoms with Crippen LogP contribution in [0, 0.1) is 22.7 Å². The summed E-state index contributed by atoms with van der Waals surface area (Å²) in [5, 5.41) is 35.1. The number of ether oxygens (including phenoxy) is 2. The Morgan fingerprint density at radius 2 is 1.68 bits per heavy atom. The van der Waals surface area contributed by atoms with E-state index in [4.69, 9.17) is 9.47 Å². The van der Waals surface area contributed by atoms with E-state index in [9.17, 15) is 29.7 Å². The van der Waals surface area contributed by atoms with Gasteiger partial charge in [0.05, 0.1) is 5.41 Å². The van der Waals surface area contributed by atoms with Gasteiger partial charge in [0.15, 0.2) is 5.78 Å². The molecule has 3 rings (SSSR count). The highest BCUT2D eigenvalue weighted by Crippen LogP contribution is 2.63. The number of aliphatic hydroxyl groups is 3. The van der Waals surface area contributed by atoms with Crippen LogP contribution in [0.1, 0.15) is 93.4 Å². The lowest BCUT2D eigenvalue weighted by Gasteiger charge is -2.48. The van der Waals surface area contributed by atoms with Gasteiger partial charge in [0.2, 0.25) is 0 Å². The third-order valence-corrected chi connectivity index (χ3v) is 9.60. The molecular formula is C30H46O8. The normalized spacial score (nSPS) is 37.9. The van der Waals surface area contributed by atoms with E-state index < -0.39 is 52.0 Å². The van der Waals surface area contributed by atoms with Crippen molar-refractivity contribution in [3.8, 4) is 0 Å². The standard InChI is InChI=1S/C30H46O8/c1-8-10-11-13-22(31)37-17-20-14-21-26(35)29(15-18(3)24(33)30(29,36)25(20)34)19(4)16-28(7,27(21,5)6)38-23(32)12-9-2/h14-15,19,21,24-25,33-34,36H,8-13,16-17H2,1-7H3/t19-,21?,24?,25?,28-,29?,30-/m1/s1. The minimum absolute atomic E-state index is 0.156. The molecule has 3 aliphatic rings. The monoisotopic (exact) mass is 534 g/mol. The highest BCUT2D eigenvalue weighted by atomic mass is 16.6. The number of rotatable bonds is 9. The van der Waals surface area contributed by atoms with E-state index in [0.717, 1.165) is 12.8 Å². The number of hydrogen-bond donors (Lipinski definition) is 3. The fourth-order valence-electron chi connectivity index (χ4n) is 6.91. The topological polar surface area (TPSA) is 130 Å². The van der Waals surface area contributed by atoms with E-state index in [-0.39, 0.29) is 43.2 Å². The van der Waals surface area contributed by atoms with Crippen LogP contribution in [0.2, 0.25) is 0 Å². The van der Waals surface area contributed by atoms with E-state index in [1.54, 1.807) is 26.0 Å². The predicted octanol–water partition coefficient (Wildman–Crippen LogP) is 3.80. The number of carbonyl (C=O) groups is 3. The molecular weight excluding hydrogens is 488 g/mol. The molecule has 0 aromatic heterocycles. The average Bonchev–Trinajstić information content (AvgIpc) is 2.99. The summed E-state index contributed by atoms with van der Waals surface area (Å²) >= 11 is 0. The Kier molecular flexibility index (Phi) is 8.72. The maximum absolute atomic E-state index is 14.6. The molecule has 7 atom stereocenters. The molecule has 1 spiro atoms.